The molecule has 0 aliphatic carbocycles. The molecule has 3 aliphatic rings. The smallest absolute Gasteiger partial charge is 0.408 e. The summed E-state index contributed by atoms with van der Waals surface area (Å²) in [6.45, 7) is 19.5. The molecule has 4 atom stereocenters. The second kappa shape index (κ2) is 23.5. The lowest BCUT2D eigenvalue weighted by Gasteiger charge is -2.56. The van der Waals surface area contributed by atoms with E-state index in [2.05, 4.69) is 31.5 Å². The van der Waals surface area contributed by atoms with E-state index in [1.54, 1.807) is 41.5 Å². The Labute approximate surface area is 391 Å². The maximum atomic E-state index is 14.5. The van der Waals surface area contributed by atoms with Crippen LogP contribution in [-0.4, -0.2) is 133 Å². The number of carbonyl (C=O) groups excluding carboxylic acids is 6. The largest absolute Gasteiger partial charge is 0.444 e. The van der Waals surface area contributed by atoms with Gasteiger partial charge in [0.2, 0.25) is 23.6 Å². The Morgan fingerprint density at radius 3 is 1.65 bits per heavy atom. The van der Waals surface area contributed by atoms with Crippen molar-refractivity contribution in [3.8, 4) is 0 Å². The van der Waals surface area contributed by atoms with E-state index in [9.17, 15) is 28.8 Å². The zero-order valence-electron chi connectivity index (χ0n) is 40.4. The molecule has 66 heavy (non-hydrogen) atoms. The van der Waals surface area contributed by atoms with Gasteiger partial charge in [0, 0.05) is 37.9 Å². The van der Waals surface area contributed by atoms with Crippen molar-refractivity contribution in [2.75, 3.05) is 45.9 Å². The molecule has 16 nitrogen and oxygen atoms in total. The van der Waals surface area contributed by atoms with Gasteiger partial charge in [0.05, 0.1) is 19.3 Å². The van der Waals surface area contributed by atoms with Crippen molar-refractivity contribution < 1.29 is 43.0 Å². The molecule has 16 heteroatoms. The highest BCUT2D eigenvalue weighted by atomic mass is 16.6. The Balaban J connectivity index is 1.30. The summed E-state index contributed by atoms with van der Waals surface area (Å²) in [6.07, 6.45) is 2.56. The van der Waals surface area contributed by atoms with Gasteiger partial charge in [-0.25, -0.2) is 9.59 Å². The number of hydrogen-bond acceptors (Lipinski definition) is 10. The molecular formula is C50H75N7O9. The molecule has 0 bridgehead atoms. The lowest BCUT2D eigenvalue weighted by molar-refractivity contribution is -0.153. The molecule has 0 unspecified atom stereocenters. The fourth-order valence-electron chi connectivity index (χ4n) is 8.58. The van der Waals surface area contributed by atoms with E-state index < -0.39 is 65.3 Å². The molecule has 1 spiro atoms. The highest BCUT2D eigenvalue weighted by Gasteiger charge is 2.49. The summed E-state index contributed by atoms with van der Waals surface area (Å²) in [5, 5.41) is 14.3. The molecular weight excluding hydrogens is 843 g/mol. The molecule has 0 radical (unpaired) electrons. The summed E-state index contributed by atoms with van der Waals surface area (Å²) in [7, 11) is 0. The minimum atomic E-state index is -1.14. The van der Waals surface area contributed by atoms with E-state index in [0.29, 0.717) is 44.9 Å². The van der Waals surface area contributed by atoms with Gasteiger partial charge in [0.1, 0.15) is 35.4 Å². The Kier molecular flexibility index (Phi) is 18.4. The fourth-order valence-corrected chi connectivity index (χ4v) is 8.58. The van der Waals surface area contributed by atoms with Gasteiger partial charge in [0.15, 0.2) is 0 Å². The number of ether oxygens (including phenoxy) is 3. The predicted octanol–water partition coefficient (Wildman–Crippen LogP) is 4.88. The average molecular weight is 918 g/mol. The van der Waals surface area contributed by atoms with E-state index in [0.717, 1.165) is 50.3 Å². The lowest BCUT2D eigenvalue weighted by atomic mass is 9.71. The number of likely N-dealkylation sites (tertiary alicyclic amines) is 2. The third-order valence-corrected chi connectivity index (χ3v) is 12.1. The van der Waals surface area contributed by atoms with Gasteiger partial charge < -0.3 is 45.7 Å². The number of carbonyl (C=O) groups is 6. The number of rotatable bonds is 20. The van der Waals surface area contributed by atoms with Crippen LogP contribution in [0.15, 0.2) is 60.7 Å². The van der Waals surface area contributed by atoms with Gasteiger partial charge in [-0.15, -0.1) is 0 Å². The second-order valence-electron chi connectivity index (χ2n) is 20.7. The Morgan fingerprint density at radius 1 is 0.667 bits per heavy atom. The number of piperidine rings is 1. The van der Waals surface area contributed by atoms with Crippen molar-refractivity contribution in [3.63, 3.8) is 0 Å². The van der Waals surface area contributed by atoms with E-state index in [1.807, 2.05) is 79.4 Å². The second-order valence-corrected chi connectivity index (χ2v) is 20.7. The first-order valence-corrected chi connectivity index (χ1v) is 23.7. The van der Waals surface area contributed by atoms with E-state index >= 15 is 0 Å². The summed E-state index contributed by atoms with van der Waals surface area (Å²) >= 11 is 0. The third kappa shape index (κ3) is 16.6. The van der Waals surface area contributed by atoms with Crippen LogP contribution >= 0.6 is 0 Å². The molecule has 3 heterocycles. The normalized spacial score (nSPS) is 18.1. The number of amides is 6. The molecule has 2 aromatic carbocycles. The highest BCUT2D eigenvalue weighted by molar-refractivity contribution is 5.95. The summed E-state index contributed by atoms with van der Waals surface area (Å²) in [4.78, 5) is 87.0. The molecule has 3 aliphatic heterocycles. The zero-order chi connectivity index (χ0) is 48.1. The van der Waals surface area contributed by atoms with Crippen LogP contribution in [0.3, 0.4) is 0 Å². The monoisotopic (exact) mass is 918 g/mol. The topological polar surface area (TPSA) is 197 Å². The SMILES string of the molecule is CC(C)C[C@@H](NC(=O)[C@@H](Cc1ccccc1)NC(=O)[C@@H](Cc1ccccc1)NC(=O)OC(C)(C)C)C(=O)N[C@H](CCCCNC(=O)OC(C)(C)C)C(=O)N1CC2(CCN(C3COC3)CC2)C1. The summed E-state index contributed by atoms with van der Waals surface area (Å²) < 4.78 is 16.3. The van der Waals surface area contributed by atoms with Crippen molar-refractivity contribution in [1.82, 2.24) is 36.4 Å². The molecule has 364 valence electrons. The Bertz CT molecular complexity index is 1910. The third-order valence-electron chi connectivity index (χ3n) is 12.1. The van der Waals surface area contributed by atoms with Crippen LogP contribution in [0, 0.1) is 11.3 Å². The van der Waals surface area contributed by atoms with Crippen LogP contribution in [0.25, 0.3) is 0 Å². The maximum absolute atomic E-state index is 14.5. The standard InChI is InChI=1S/C50H75N7O9/c1-34(2)27-39(53-43(59)40(28-35-17-11-9-12-18-35)54-44(60)41(29-36-19-13-10-14-20-36)55-47(63)66-49(6,7)8)42(58)52-38(21-15-16-24-51-46(62)65-48(3,4)5)45(61)57-32-50(33-57)22-25-56(26-23-50)37-30-64-31-37/h9-14,17-20,34,37-41H,15-16,21-33H2,1-8H3,(H,51,62)(H,52,58)(H,53,59)(H,54,60)(H,55,63)/t38-,39-,40-,41-/m1/s1. The number of unbranched alkanes of at least 4 members (excludes halogenated alkanes) is 1. The van der Waals surface area contributed by atoms with E-state index in [-0.39, 0.29) is 36.5 Å². The minimum absolute atomic E-state index is 0.0304. The van der Waals surface area contributed by atoms with Crippen LogP contribution in [-0.2, 0) is 46.2 Å². The molecule has 5 rings (SSSR count). The number of nitrogens with one attached hydrogen (secondary N) is 5. The first kappa shape index (κ1) is 51.8. The van der Waals surface area contributed by atoms with Crippen molar-refractivity contribution >= 4 is 35.8 Å². The van der Waals surface area contributed by atoms with Crippen LogP contribution in [0.1, 0.15) is 105 Å². The van der Waals surface area contributed by atoms with Gasteiger partial charge >= 0.3 is 12.2 Å². The van der Waals surface area contributed by atoms with Gasteiger partial charge in [-0.3, -0.25) is 24.1 Å². The van der Waals surface area contributed by atoms with Crippen molar-refractivity contribution in [2.45, 2.75) is 148 Å². The number of hydrogen-bond donors (Lipinski definition) is 5. The van der Waals surface area contributed by atoms with E-state index in [1.165, 1.54) is 0 Å². The zero-order valence-corrected chi connectivity index (χ0v) is 40.4. The van der Waals surface area contributed by atoms with E-state index in [4.69, 9.17) is 14.2 Å². The van der Waals surface area contributed by atoms with Crippen LogP contribution in [0.2, 0.25) is 0 Å². The molecule has 0 saturated carbocycles. The minimum Gasteiger partial charge on any atom is -0.444 e. The molecule has 6 amide bonds. The first-order chi connectivity index (χ1) is 31.2. The summed E-state index contributed by atoms with van der Waals surface area (Å²) in [6, 6.07) is 14.7. The molecule has 5 N–H and O–H groups in total. The quantitative estimate of drug-likeness (QED) is 0.114. The van der Waals surface area contributed by atoms with Crippen molar-refractivity contribution in [3.05, 3.63) is 71.8 Å². The number of nitrogens with zero attached hydrogens (tertiary/aromatic N) is 2. The van der Waals surface area contributed by atoms with Crippen molar-refractivity contribution in [1.29, 1.82) is 0 Å². The Hall–Kier alpha value is -5.22. The van der Waals surface area contributed by atoms with Crippen LogP contribution in [0.5, 0.6) is 0 Å². The average Bonchev–Trinajstić information content (AvgIpc) is 3.20. The van der Waals surface area contributed by atoms with Crippen LogP contribution < -0.4 is 26.6 Å². The molecule has 0 aromatic heterocycles. The van der Waals surface area contributed by atoms with Gasteiger partial charge in [-0.1, -0.05) is 74.5 Å². The first-order valence-electron chi connectivity index (χ1n) is 23.7. The maximum Gasteiger partial charge on any atom is 0.408 e. The van der Waals surface area contributed by atoms with Crippen molar-refractivity contribution in [2.24, 2.45) is 11.3 Å². The lowest BCUT2D eigenvalue weighted by Crippen LogP contribution is -2.66. The number of alkyl carbamates (subject to hydrolysis) is 2. The summed E-state index contributed by atoms with van der Waals surface area (Å²) in [5.41, 5.74) is 0.152. The fraction of sp³-hybridized carbons (Fsp3) is 0.640. The summed E-state index contributed by atoms with van der Waals surface area (Å²) in [5.74, 6) is -1.91. The number of benzene rings is 2. The van der Waals surface area contributed by atoms with Gasteiger partial charge in [-0.2, -0.15) is 0 Å². The van der Waals surface area contributed by atoms with Gasteiger partial charge in [-0.05, 0) is 110 Å². The highest BCUT2D eigenvalue weighted by Crippen LogP contribution is 2.41. The van der Waals surface area contributed by atoms with Crippen LogP contribution in [0.4, 0.5) is 9.59 Å². The predicted molar refractivity (Wildman–Crippen MR) is 251 cm³/mol. The molecule has 2 aromatic rings. The Morgan fingerprint density at radius 2 is 1.15 bits per heavy atom. The van der Waals surface area contributed by atoms with Gasteiger partial charge in [0.25, 0.3) is 0 Å². The molecule has 3 saturated heterocycles. The molecule has 3 fully saturated rings.